The second-order valence-corrected chi connectivity index (χ2v) is 11.8. The van der Waals surface area contributed by atoms with Gasteiger partial charge in [-0.25, -0.2) is 0 Å². The Hall–Kier alpha value is -0.600. The molecule has 2 nitrogen and oxygen atoms in total. The third kappa shape index (κ3) is 25.4. The van der Waals surface area contributed by atoms with Gasteiger partial charge < -0.3 is 10.2 Å². The minimum absolute atomic E-state index is 0.138. The standard InChI is InChI=1S/C35H68O2/c1-3-5-7-9-11-13-15-17-19-21-23-25-27-29-31-35(33-36,34-37)32-30-28-26-24-22-20-18-16-14-12-10-8-6-4-2/h13-16,36-37H,3-12,17-34H2,1-2H3. The second-order valence-electron chi connectivity index (χ2n) is 11.8. The lowest BCUT2D eigenvalue weighted by molar-refractivity contribution is 0.0353. The third-order valence-corrected chi connectivity index (χ3v) is 8.11. The van der Waals surface area contributed by atoms with Crippen molar-refractivity contribution in [2.45, 2.75) is 181 Å². The van der Waals surface area contributed by atoms with E-state index in [1.807, 2.05) is 0 Å². The maximum absolute atomic E-state index is 10.0. The van der Waals surface area contributed by atoms with Crippen molar-refractivity contribution in [3.63, 3.8) is 0 Å². The van der Waals surface area contributed by atoms with Gasteiger partial charge in [0.15, 0.2) is 0 Å². The Kier molecular flexibility index (Phi) is 29.5. The van der Waals surface area contributed by atoms with Crippen molar-refractivity contribution in [3.8, 4) is 0 Å². The van der Waals surface area contributed by atoms with E-state index in [1.165, 1.54) is 141 Å². The average Bonchev–Trinajstić information content (AvgIpc) is 2.92. The lowest BCUT2D eigenvalue weighted by atomic mass is 9.79. The number of hydrogen-bond donors (Lipinski definition) is 2. The Morgan fingerprint density at radius 3 is 0.946 bits per heavy atom. The van der Waals surface area contributed by atoms with Crippen LogP contribution in [0.4, 0.5) is 0 Å². The molecule has 0 unspecified atom stereocenters. The lowest BCUT2D eigenvalue weighted by Gasteiger charge is -2.30. The van der Waals surface area contributed by atoms with Crippen molar-refractivity contribution in [1.82, 2.24) is 0 Å². The smallest absolute Gasteiger partial charge is 0.0509 e. The van der Waals surface area contributed by atoms with Gasteiger partial charge >= 0.3 is 0 Å². The van der Waals surface area contributed by atoms with Gasteiger partial charge in [0.05, 0.1) is 13.2 Å². The van der Waals surface area contributed by atoms with E-state index in [4.69, 9.17) is 0 Å². The molecule has 0 aliphatic carbocycles. The van der Waals surface area contributed by atoms with Crippen molar-refractivity contribution in [3.05, 3.63) is 24.3 Å². The molecule has 0 radical (unpaired) electrons. The zero-order valence-corrected chi connectivity index (χ0v) is 25.5. The van der Waals surface area contributed by atoms with Gasteiger partial charge in [0.1, 0.15) is 0 Å². The zero-order valence-electron chi connectivity index (χ0n) is 25.5. The summed E-state index contributed by atoms with van der Waals surface area (Å²) in [6, 6.07) is 0. The third-order valence-electron chi connectivity index (χ3n) is 8.11. The van der Waals surface area contributed by atoms with Gasteiger partial charge in [-0.1, -0.05) is 141 Å². The number of rotatable bonds is 30. The van der Waals surface area contributed by atoms with Crippen LogP contribution in [0.1, 0.15) is 181 Å². The SMILES string of the molecule is CCCCCCC=CCCCCCCCCC(CO)(CO)CCCCCCCCC=CCCCCCC. The van der Waals surface area contributed by atoms with Crippen LogP contribution in [0, 0.1) is 5.41 Å². The number of hydrogen-bond acceptors (Lipinski definition) is 2. The van der Waals surface area contributed by atoms with Crippen LogP contribution in [0.5, 0.6) is 0 Å². The normalized spacial score (nSPS) is 12.4. The Labute approximate surface area is 233 Å². The molecule has 0 aromatic heterocycles. The number of unbranched alkanes of at least 4 members (excludes halogenated alkanes) is 20. The molecule has 0 spiro atoms. The Balaban J connectivity index is 3.63. The molecule has 0 aromatic carbocycles. The van der Waals surface area contributed by atoms with Crippen LogP contribution < -0.4 is 0 Å². The Morgan fingerprint density at radius 2 is 0.649 bits per heavy atom. The monoisotopic (exact) mass is 521 g/mol. The largest absolute Gasteiger partial charge is 0.396 e. The van der Waals surface area contributed by atoms with Crippen LogP contribution in [0.25, 0.3) is 0 Å². The van der Waals surface area contributed by atoms with Crippen LogP contribution in [0.15, 0.2) is 24.3 Å². The molecule has 2 heteroatoms. The fourth-order valence-electron chi connectivity index (χ4n) is 5.28. The molecule has 0 saturated carbocycles. The number of aliphatic hydroxyl groups is 2. The Morgan fingerprint density at radius 1 is 0.378 bits per heavy atom. The molecule has 2 N–H and O–H groups in total. The summed E-state index contributed by atoms with van der Waals surface area (Å²) in [5, 5.41) is 20.0. The van der Waals surface area contributed by atoms with Gasteiger partial charge in [-0.05, 0) is 64.2 Å². The average molecular weight is 521 g/mol. The molecule has 37 heavy (non-hydrogen) atoms. The van der Waals surface area contributed by atoms with Gasteiger partial charge in [-0.3, -0.25) is 0 Å². The summed E-state index contributed by atoms with van der Waals surface area (Å²) in [5.41, 5.74) is -0.246. The molecule has 0 aromatic rings. The van der Waals surface area contributed by atoms with Crippen molar-refractivity contribution in [2.75, 3.05) is 13.2 Å². The van der Waals surface area contributed by atoms with E-state index in [-0.39, 0.29) is 18.6 Å². The first kappa shape index (κ1) is 36.4. The first-order valence-corrected chi connectivity index (χ1v) is 16.8. The van der Waals surface area contributed by atoms with Crippen molar-refractivity contribution >= 4 is 0 Å². The van der Waals surface area contributed by atoms with E-state index in [0.29, 0.717) is 0 Å². The summed E-state index contributed by atoms with van der Waals surface area (Å²) in [7, 11) is 0. The molecule has 0 bridgehead atoms. The van der Waals surface area contributed by atoms with Crippen molar-refractivity contribution in [2.24, 2.45) is 5.41 Å². The molecule has 0 aliphatic rings. The molecule has 0 heterocycles. The quantitative estimate of drug-likeness (QED) is 0.0730. The topological polar surface area (TPSA) is 40.5 Å². The predicted octanol–water partition coefficient (Wildman–Crippen LogP) is 11.3. The molecule has 0 fully saturated rings. The predicted molar refractivity (Wildman–Crippen MR) is 166 cm³/mol. The summed E-state index contributed by atoms with van der Waals surface area (Å²) in [6.45, 7) is 4.81. The van der Waals surface area contributed by atoms with Crippen LogP contribution in [-0.2, 0) is 0 Å². The van der Waals surface area contributed by atoms with E-state index in [1.54, 1.807) is 0 Å². The fourth-order valence-corrected chi connectivity index (χ4v) is 5.28. The molecule has 0 saturated heterocycles. The second kappa shape index (κ2) is 29.9. The highest BCUT2D eigenvalue weighted by molar-refractivity contribution is 4.82. The van der Waals surface area contributed by atoms with Crippen LogP contribution in [0.3, 0.4) is 0 Å². The molecule has 0 amide bonds. The van der Waals surface area contributed by atoms with Crippen LogP contribution >= 0.6 is 0 Å². The summed E-state index contributed by atoms with van der Waals surface area (Å²) in [5.74, 6) is 0. The van der Waals surface area contributed by atoms with Gasteiger partial charge in [0, 0.05) is 5.41 Å². The molecule has 0 aliphatic heterocycles. The number of aliphatic hydroxyl groups excluding tert-OH is 2. The van der Waals surface area contributed by atoms with Crippen molar-refractivity contribution in [1.29, 1.82) is 0 Å². The summed E-state index contributed by atoms with van der Waals surface area (Å²) < 4.78 is 0. The zero-order chi connectivity index (χ0) is 27.1. The van der Waals surface area contributed by atoms with Gasteiger partial charge in [-0.2, -0.15) is 0 Å². The van der Waals surface area contributed by atoms with Crippen molar-refractivity contribution < 1.29 is 10.2 Å². The van der Waals surface area contributed by atoms with Gasteiger partial charge in [0.25, 0.3) is 0 Å². The Bertz CT molecular complexity index is 438. The van der Waals surface area contributed by atoms with Crippen LogP contribution in [-0.4, -0.2) is 23.4 Å². The lowest BCUT2D eigenvalue weighted by Crippen LogP contribution is -2.29. The minimum atomic E-state index is -0.246. The first-order valence-electron chi connectivity index (χ1n) is 16.8. The van der Waals surface area contributed by atoms with E-state index in [2.05, 4.69) is 38.2 Å². The fraction of sp³-hybridized carbons (Fsp3) is 0.886. The van der Waals surface area contributed by atoms with Gasteiger partial charge in [0.2, 0.25) is 0 Å². The molecule has 0 rings (SSSR count). The highest BCUT2D eigenvalue weighted by atomic mass is 16.3. The maximum atomic E-state index is 10.0. The first-order chi connectivity index (χ1) is 18.2. The highest BCUT2D eigenvalue weighted by Gasteiger charge is 2.27. The molecule has 220 valence electrons. The summed E-state index contributed by atoms with van der Waals surface area (Å²) in [6.07, 6.45) is 42.7. The van der Waals surface area contributed by atoms with E-state index in [9.17, 15) is 10.2 Å². The maximum Gasteiger partial charge on any atom is 0.0509 e. The van der Waals surface area contributed by atoms with E-state index in [0.717, 1.165) is 25.7 Å². The minimum Gasteiger partial charge on any atom is -0.396 e. The molecular formula is C35H68O2. The van der Waals surface area contributed by atoms with Gasteiger partial charge in [-0.15, -0.1) is 0 Å². The summed E-state index contributed by atoms with van der Waals surface area (Å²) >= 11 is 0. The van der Waals surface area contributed by atoms with E-state index < -0.39 is 0 Å². The van der Waals surface area contributed by atoms with E-state index >= 15 is 0 Å². The highest BCUT2D eigenvalue weighted by Crippen LogP contribution is 2.31. The molecular weight excluding hydrogens is 452 g/mol. The van der Waals surface area contributed by atoms with Crippen LogP contribution in [0.2, 0.25) is 0 Å². The number of allylic oxidation sites excluding steroid dienone is 4. The molecule has 0 atom stereocenters. The summed E-state index contributed by atoms with van der Waals surface area (Å²) in [4.78, 5) is 0.